The van der Waals surface area contributed by atoms with Gasteiger partial charge in [0.05, 0.1) is 71.6 Å². The van der Waals surface area contributed by atoms with E-state index in [9.17, 15) is 62.0 Å². The molecule has 2 saturated heterocycles. The van der Waals surface area contributed by atoms with E-state index < -0.39 is 55.3 Å². The number of ether oxygens (including phenoxy) is 8. The minimum Gasteiger partial charge on any atom is -0.464 e. The summed E-state index contributed by atoms with van der Waals surface area (Å²) in [6.07, 6.45) is 7.90. The van der Waals surface area contributed by atoms with E-state index in [2.05, 4.69) is 49.8 Å². The molecule has 13 aromatic rings. The van der Waals surface area contributed by atoms with Crippen LogP contribution >= 0.6 is 34.8 Å². The van der Waals surface area contributed by atoms with Crippen molar-refractivity contribution in [3.8, 4) is 80.2 Å². The Labute approximate surface area is 843 Å². The third-order valence-electron chi connectivity index (χ3n) is 20.5. The molecule has 15 rings (SSSR count). The number of aliphatic hydroxyl groups excluding tert-OH is 4. The lowest BCUT2D eigenvalue weighted by molar-refractivity contribution is -0.159. The highest BCUT2D eigenvalue weighted by Gasteiger charge is 2.52. The van der Waals surface area contributed by atoms with E-state index >= 15 is 0 Å². The molecule has 0 saturated carbocycles. The summed E-state index contributed by atoms with van der Waals surface area (Å²) in [7, 11) is -0.880. The average Bonchev–Trinajstić information content (AvgIpc) is 1.62. The highest BCUT2D eigenvalue weighted by Crippen LogP contribution is 2.39. The minimum atomic E-state index is -1.76. The molecule has 7 heterocycles. The third-order valence-corrected chi connectivity index (χ3v) is 21.1. The quantitative estimate of drug-likeness (QED) is 0.00578. The van der Waals surface area contributed by atoms with E-state index in [1.54, 1.807) is 149 Å². The van der Waals surface area contributed by atoms with Crippen molar-refractivity contribution >= 4 is 96.4 Å². The average molecular weight is 2030 g/mol. The molecule has 0 aliphatic carbocycles. The van der Waals surface area contributed by atoms with E-state index in [-0.39, 0.29) is 93.1 Å². The molecule has 2 aliphatic rings. The van der Waals surface area contributed by atoms with Gasteiger partial charge in [0, 0.05) is 65.9 Å². The summed E-state index contributed by atoms with van der Waals surface area (Å²) >= 11 is 16.3. The van der Waals surface area contributed by atoms with Crippen LogP contribution in [-0.4, -0.2) is 175 Å². The van der Waals surface area contributed by atoms with Gasteiger partial charge in [-0.1, -0.05) is 23.7 Å². The Morgan fingerprint density at radius 1 is 0.361 bits per heavy atom. The number of nitrogens with two attached hydrogens (primary N) is 1. The summed E-state index contributed by atoms with van der Waals surface area (Å²) in [6.45, 7) is 24.0. The molecule has 2 aliphatic heterocycles. The van der Waals surface area contributed by atoms with E-state index in [4.69, 9.17) is 97.0 Å². The van der Waals surface area contributed by atoms with Gasteiger partial charge in [0.15, 0.2) is 29.7 Å². The van der Waals surface area contributed by atoms with Gasteiger partial charge in [0.25, 0.3) is 0 Å². The first-order valence-electron chi connectivity index (χ1n) is 44.3. The van der Waals surface area contributed by atoms with Crippen LogP contribution in [0.25, 0.3) is 46.3 Å². The number of rotatable bonds is 28. The fourth-order valence-corrected chi connectivity index (χ4v) is 12.3. The number of aliphatic hydroxyl groups is 4. The number of carbonyl (C=O) groups excluding carboxylic acids is 5. The molecule has 144 heavy (non-hydrogen) atoms. The van der Waals surface area contributed by atoms with Gasteiger partial charge in [-0.3, -0.25) is 4.79 Å². The van der Waals surface area contributed by atoms with Gasteiger partial charge >= 0.3 is 38.1 Å². The van der Waals surface area contributed by atoms with Crippen molar-refractivity contribution in [2.75, 3.05) is 26.4 Å². The second-order valence-electron chi connectivity index (χ2n) is 32.1. The molecule has 0 unspecified atom stereocenters. The van der Waals surface area contributed by atoms with Gasteiger partial charge in [0.2, 0.25) is 16.5 Å². The molecular weight excluding hydrogens is 1930 g/mol. The Hall–Kier alpha value is -14.7. The van der Waals surface area contributed by atoms with Gasteiger partial charge in [-0.05, 0) is 342 Å². The molecule has 750 valence electrons. The Balaban J connectivity index is 0.000000192. The zero-order chi connectivity index (χ0) is 105. The fraction of sp³-hybridized carbons (Fsp3) is 0.233. The number of hydrogen-bond donors (Lipinski definition) is 5. The molecule has 1 amide bonds. The Bertz CT molecular complexity index is 6380. The smallest absolute Gasteiger partial charge is 0.464 e. The van der Waals surface area contributed by atoms with Crippen LogP contribution < -0.4 is 30.1 Å². The minimum absolute atomic E-state index is 0.0675. The molecule has 0 bridgehead atoms. The second-order valence-corrected chi connectivity index (χ2v) is 33.2. The van der Waals surface area contributed by atoms with Gasteiger partial charge in [-0.25, -0.2) is 86.6 Å². The van der Waals surface area contributed by atoms with Crippen LogP contribution in [0.5, 0.6) is 46.0 Å². The number of amides is 1. The van der Waals surface area contributed by atoms with Crippen molar-refractivity contribution in [1.82, 2.24) is 49.8 Å². The van der Waals surface area contributed by atoms with Crippen LogP contribution in [-0.2, 0) is 61.5 Å². The monoisotopic (exact) mass is 2030 g/mol. The van der Waals surface area contributed by atoms with E-state index in [0.717, 1.165) is 11.0 Å². The Kier molecular flexibility index (Phi) is 43.2. The molecule has 8 aromatic carbocycles. The van der Waals surface area contributed by atoms with Crippen LogP contribution in [0.4, 0.5) is 17.6 Å². The summed E-state index contributed by atoms with van der Waals surface area (Å²) in [5, 5.41) is 40.3. The Morgan fingerprint density at radius 3 is 0.979 bits per heavy atom. The van der Waals surface area contributed by atoms with Crippen molar-refractivity contribution in [2.24, 2.45) is 5.73 Å². The van der Waals surface area contributed by atoms with Crippen molar-refractivity contribution < 1.29 is 118 Å². The Morgan fingerprint density at radius 2 is 0.653 bits per heavy atom. The summed E-state index contributed by atoms with van der Waals surface area (Å²) in [4.78, 5) is 96.1. The molecule has 2 fully saturated rings. The molecule has 0 radical (unpaired) electrons. The summed E-state index contributed by atoms with van der Waals surface area (Å²) in [5.74, 6) is 2.71. The molecule has 41 heteroatoms. The number of esters is 4. The second kappa shape index (κ2) is 55.1. The highest BCUT2D eigenvalue weighted by atomic mass is 35.5. The molecular formula is C103H102B2Cl3F4N11O21. The zero-order valence-corrected chi connectivity index (χ0v) is 82.2. The number of carbonyl (C=O) groups is 5. The van der Waals surface area contributed by atoms with E-state index in [1.165, 1.54) is 134 Å². The van der Waals surface area contributed by atoms with Crippen LogP contribution in [0.3, 0.4) is 0 Å². The van der Waals surface area contributed by atoms with Crippen molar-refractivity contribution in [1.29, 1.82) is 0 Å². The third kappa shape index (κ3) is 36.4. The lowest BCUT2D eigenvalue weighted by Crippen LogP contribution is -2.41. The first-order valence-corrected chi connectivity index (χ1v) is 45.5. The molecule has 0 spiro atoms. The maximum Gasteiger partial charge on any atom is 0.494 e. The molecule has 6 N–H and O–H groups in total. The van der Waals surface area contributed by atoms with E-state index in [0.29, 0.717) is 105 Å². The standard InChI is InChI=1S/C21H19FN2O5.C21H17FN2O3.C19H16FN3O4.C18H20BFO3.C11H19BO4.C9H9ClN2O2.C4H2Cl2N2/c1-2-28-21(27)19(26)18(25)17-11-12-23-20(24-17)13-3-7-15(8-4-13)29-16-9-5-14(22)6-10-16;1-2-26-20(25)12-7-17-13-14-23-21(24-17)15-3-8-18(9-4-15)27-19-10-5-16(22)6-11-19;20-12-3-7-14(8-4-12)27-13-5-1-11(2-6-13)19-22-10-9-15(23-19)16(24)17(25)18(21)26;1-17(2)18(3,4)23-19(22-17)13-5-9-15(10-6-13)21-16-11-7-14(20)8-12-16;1-6-14-9(13)7-8-12-15-10(2,3)11(4,5)16-12;1-2-14-8(13)4-3-7-5-6-11-9(10)12-7;5-3-1-2-7-4(6)8-3/h3-12,18-19,25-26H,2H2,1H3;3-14H,2H2,1H3;1-10,16-17,24-25H,(H2,21,26);5-12H,1-4H3;7-8H,6H2,1-5H3;3-6H,2H2,1H3;1-2H/b;12-7+;;;8-7+;4-3+;/t18-,19+;;16-,17+;;;;/m1.1..../s1. The fourth-order valence-electron chi connectivity index (χ4n) is 11.8. The summed E-state index contributed by atoms with van der Waals surface area (Å²) in [5.41, 5.74) is 7.83. The van der Waals surface area contributed by atoms with Crippen LogP contribution in [0, 0.1) is 23.3 Å². The first kappa shape index (κ1) is 113. The summed E-state index contributed by atoms with van der Waals surface area (Å²) in [6, 6.07) is 59.0. The summed E-state index contributed by atoms with van der Waals surface area (Å²) < 4.78 is 117. The molecule has 32 nitrogen and oxygen atoms in total. The first-order chi connectivity index (χ1) is 68.6. The number of benzene rings is 8. The van der Waals surface area contributed by atoms with Gasteiger partial charge in [-0.15, -0.1) is 0 Å². The van der Waals surface area contributed by atoms with Crippen molar-refractivity contribution in [3.05, 3.63) is 341 Å². The SMILES string of the molecule is CC1(C)OB(c2ccc(Oc3ccc(F)cc3)cc2)OC1(C)C.CCOC(=O)/C=C/B1OC(C)(C)C(C)(C)O1.CCOC(=O)/C=C/c1ccnc(-c2ccc(Oc3ccc(F)cc3)cc2)n1.CCOC(=O)/C=C/c1ccnc(Cl)n1.CCOC(=O)[C@@H](O)[C@H](O)c1ccnc(-c2ccc(Oc3ccc(F)cc3)cc2)n1.Clc1ccnc(Cl)n1.NC(=O)[C@@H](O)[C@H](O)c1ccnc(-c2ccc(Oc3ccc(F)cc3)cc2)n1. The van der Waals surface area contributed by atoms with Gasteiger partial charge < -0.3 is 82.7 Å². The van der Waals surface area contributed by atoms with Crippen LogP contribution in [0.1, 0.15) is 118 Å². The van der Waals surface area contributed by atoms with Crippen molar-refractivity contribution in [3.63, 3.8) is 0 Å². The van der Waals surface area contributed by atoms with Gasteiger partial charge in [0.1, 0.15) is 86.6 Å². The zero-order valence-electron chi connectivity index (χ0n) is 79.9. The lowest BCUT2D eigenvalue weighted by Gasteiger charge is -2.32. The topological polar surface area (TPSA) is 432 Å². The highest BCUT2D eigenvalue weighted by molar-refractivity contribution is 6.62. The number of hydrogen-bond acceptors (Lipinski definition) is 31. The largest absolute Gasteiger partial charge is 0.494 e. The number of primary amides is 1. The molecule has 4 atom stereocenters. The van der Waals surface area contributed by atoms with Crippen molar-refractivity contribution in [2.45, 2.75) is 130 Å². The number of halogens is 7. The molecule has 5 aromatic heterocycles. The maximum atomic E-state index is 13.0. The van der Waals surface area contributed by atoms with Crippen LogP contribution in [0.2, 0.25) is 15.7 Å². The normalized spacial score (nSPS) is 14.1. The lowest BCUT2D eigenvalue weighted by atomic mass is 9.79. The predicted octanol–water partition coefficient (Wildman–Crippen LogP) is 18.8. The van der Waals surface area contributed by atoms with Gasteiger partial charge in [-0.2, -0.15) is 0 Å². The predicted molar refractivity (Wildman–Crippen MR) is 531 cm³/mol. The van der Waals surface area contributed by atoms with Crippen LogP contribution in [0.15, 0.2) is 280 Å². The van der Waals surface area contributed by atoms with E-state index in [1.807, 2.05) is 91.8 Å². The number of nitrogens with zero attached hydrogens (tertiary/aromatic N) is 10. The maximum absolute atomic E-state index is 13.0. The number of aromatic nitrogens is 10.